The summed E-state index contributed by atoms with van der Waals surface area (Å²) in [6, 6.07) is 7.57. The maximum absolute atomic E-state index is 11.9. The Labute approximate surface area is 165 Å². The van der Waals surface area contributed by atoms with Gasteiger partial charge in [-0.25, -0.2) is 19.0 Å². The number of para-hydroxylation sites is 1. The molecular formula is C18H23N5O4S. The fourth-order valence-corrected chi connectivity index (χ4v) is 4.09. The number of aromatic nitrogens is 2. The van der Waals surface area contributed by atoms with Crippen molar-refractivity contribution in [1.82, 2.24) is 15.0 Å². The number of nitrogens with one attached hydrogen (secondary N) is 1. The van der Waals surface area contributed by atoms with Crippen molar-refractivity contribution in [2.24, 2.45) is 7.05 Å². The zero-order chi connectivity index (χ0) is 20.1. The highest BCUT2D eigenvalue weighted by Crippen LogP contribution is 2.28. The van der Waals surface area contributed by atoms with Crippen molar-refractivity contribution in [3.05, 3.63) is 48.4 Å². The molecule has 1 fully saturated rings. The summed E-state index contributed by atoms with van der Waals surface area (Å²) in [7, 11) is 1.82. The van der Waals surface area contributed by atoms with E-state index in [2.05, 4.69) is 9.88 Å². The molecule has 2 heterocycles. The molecule has 9 nitrogen and oxygen atoms in total. The Morgan fingerprint density at radius 2 is 2.07 bits per heavy atom. The molecule has 1 aliphatic rings. The van der Waals surface area contributed by atoms with Crippen molar-refractivity contribution >= 4 is 34.8 Å². The molecule has 1 saturated heterocycles. The molecule has 0 aliphatic carbocycles. The second kappa shape index (κ2) is 9.00. The van der Waals surface area contributed by atoms with Crippen molar-refractivity contribution in [3.8, 4) is 0 Å². The van der Waals surface area contributed by atoms with E-state index in [1.807, 2.05) is 31.3 Å². The van der Waals surface area contributed by atoms with Crippen LogP contribution in [-0.4, -0.2) is 48.6 Å². The van der Waals surface area contributed by atoms with Crippen molar-refractivity contribution < 1.29 is 18.8 Å². The van der Waals surface area contributed by atoms with Crippen LogP contribution in [-0.2, 0) is 23.1 Å². The lowest BCUT2D eigenvalue weighted by Crippen LogP contribution is -2.46. The van der Waals surface area contributed by atoms with E-state index in [0.29, 0.717) is 31.7 Å². The first-order valence-electron chi connectivity index (χ1n) is 8.84. The van der Waals surface area contributed by atoms with Crippen LogP contribution in [0.15, 0.2) is 42.9 Å². The lowest BCUT2D eigenvalue weighted by atomic mass is 10.0. The molecular weight excluding hydrogens is 382 g/mol. The molecule has 0 radical (unpaired) electrons. The van der Waals surface area contributed by atoms with Gasteiger partial charge < -0.3 is 9.47 Å². The summed E-state index contributed by atoms with van der Waals surface area (Å²) in [5.74, 6) is -0.106. The normalized spacial score (nSPS) is 16.3. The molecule has 0 spiro atoms. The first kappa shape index (κ1) is 20.1. The Morgan fingerprint density at radius 1 is 1.36 bits per heavy atom. The van der Waals surface area contributed by atoms with E-state index in [-0.39, 0.29) is 6.04 Å². The minimum atomic E-state index is -2.15. The van der Waals surface area contributed by atoms with E-state index in [9.17, 15) is 13.6 Å². The lowest BCUT2D eigenvalue weighted by Gasteiger charge is -2.38. The van der Waals surface area contributed by atoms with E-state index in [4.69, 9.17) is 5.21 Å². The summed E-state index contributed by atoms with van der Waals surface area (Å²) in [6.45, 7) is 1.39. The zero-order valence-electron chi connectivity index (χ0n) is 15.4. The van der Waals surface area contributed by atoms with Crippen LogP contribution in [0.25, 0.3) is 6.08 Å². The second-order valence-corrected chi connectivity index (χ2v) is 7.40. The molecule has 1 amide bonds. The van der Waals surface area contributed by atoms with Gasteiger partial charge in [0.2, 0.25) is 0 Å². The molecule has 150 valence electrons. The minimum Gasteiger partial charge on any atom is -0.371 e. The number of piperidine rings is 1. The van der Waals surface area contributed by atoms with E-state index < -0.39 is 17.2 Å². The van der Waals surface area contributed by atoms with Gasteiger partial charge in [0.15, 0.2) is 5.82 Å². The first-order chi connectivity index (χ1) is 13.5. The fourth-order valence-electron chi connectivity index (χ4n) is 3.37. The summed E-state index contributed by atoms with van der Waals surface area (Å²) in [5.41, 5.74) is 3.40. The molecule has 1 aromatic carbocycles. The van der Waals surface area contributed by atoms with Crippen LogP contribution >= 0.6 is 0 Å². The molecule has 3 rings (SSSR count). The molecule has 1 aromatic heterocycles. The van der Waals surface area contributed by atoms with E-state index in [0.717, 1.165) is 11.3 Å². The third-order valence-corrected chi connectivity index (χ3v) is 5.51. The standard InChI is InChI=1S/C18H23N5O4S/c1-21-12-17(19-13-21)23(28(26)27)15-8-10-22(11-9-15)16-5-3-2-4-14(16)6-7-18(24)20-25/h2-7,12-13,15,25H,8-11H2,1H3,(H,20,24)(H,26,27)/b7-6+. The molecule has 1 atom stereocenters. The van der Waals surface area contributed by atoms with Crippen molar-refractivity contribution in [2.75, 3.05) is 22.3 Å². The Bertz CT molecular complexity index is 876. The van der Waals surface area contributed by atoms with Gasteiger partial charge in [0.25, 0.3) is 17.2 Å². The van der Waals surface area contributed by atoms with Crippen LogP contribution in [0.5, 0.6) is 0 Å². The van der Waals surface area contributed by atoms with E-state index in [1.165, 1.54) is 10.4 Å². The van der Waals surface area contributed by atoms with Crippen LogP contribution in [0.4, 0.5) is 11.5 Å². The van der Waals surface area contributed by atoms with Gasteiger partial charge in [-0.3, -0.25) is 14.6 Å². The van der Waals surface area contributed by atoms with Gasteiger partial charge in [-0.2, -0.15) is 0 Å². The maximum Gasteiger partial charge on any atom is 0.267 e. The van der Waals surface area contributed by atoms with E-state index in [1.54, 1.807) is 28.6 Å². The molecule has 1 unspecified atom stereocenters. The lowest BCUT2D eigenvalue weighted by molar-refractivity contribution is -0.124. The number of hydroxylamine groups is 1. The van der Waals surface area contributed by atoms with Crippen molar-refractivity contribution in [1.29, 1.82) is 0 Å². The average Bonchev–Trinajstić information content (AvgIpc) is 3.12. The van der Waals surface area contributed by atoms with Gasteiger partial charge in [-0.1, -0.05) is 18.2 Å². The fraction of sp³-hybridized carbons (Fsp3) is 0.333. The van der Waals surface area contributed by atoms with Crippen molar-refractivity contribution in [3.63, 3.8) is 0 Å². The predicted molar refractivity (Wildman–Crippen MR) is 107 cm³/mol. The van der Waals surface area contributed by atoms with Crippen LogP contribution in [0.2, 0.25) is 0 Å². The van der Waals surface area contributed by atoms with Gasteiger partial charge in [-0.15, -0.1) is 0 Å². The van der Waals surface area contributed by atoms with Gasteiger partial charge >= 0.3 is 0 Å². The zero-order valence-corrected chi connectivity index (χ0v) is 16.2. The van der Waals surface area contributed by atoms with Crippen LogP contribution in [0.3, 0.4) is 0 Å². The minimum absolute atomic E-state index is 0.0974. The molecule has 0 bridgehead atoms. The number of nitrogens with zero attached hydrogens (tertiary/aromatic N) is 4. The second-order valence-electron chi connectivity index (χ2n) is 6.54. The molecule has 2 aromatic rings. The highest BCUT2D eigenvalue weighted by Gasteiger charge is 2.30. The summed E-state index contributed by atoms with van der Waals surface area (Å²) in [5, 5.41) is 8.63. The molecule has 10 heteroatoms. The Kier molecular flexibility index (Phi) is 6.45. The SMILES string of the molecule is Cn1cnc(N(C2CCN(c3ccccc3/C=C/C(=O)NO)CC2)S(=O)O)c1. The smallest absolute Gasteiger partial charge is 0.267 e. The quantitative estimate of drug-likeness (QED) is 0.291. The van der Waals surface area contributed by atoms with E-state index >= 15 is 0 Å². The first-order valence-corrected chi connectivity index (χ1v) is 9.90. The molecule has 3 N–H and O–H groups in total. The third-order valence-electron chi connectivity index (χ3n) is 4.68. The number of hydrogen-bond donors (Lipinski definition) is 3. The average molecular weight is 405 g/mol. The number of amides is 1. The number of anilines is 2. The summed E-state index contributed by atoms with van der Waals surface area (Å²) < 4.78 is 24.9. The van der Waals surface area contributed by atoms with Gasteiger partial charge in [-0.05, 0) is 30.5 Å². The maximum atomic E-state index is 11.9. The number of carbonyl (C=O) groups is 1. The number of hydrogen-bond acceptors (Lipinski definition) is 5. The Morgan fingerprint density at radius 3 is 2.68 bits per heavy atom. The molecule has 0 saturated carbocycles. The summed E-state index contributed by atoms with van der Waals surface area (Å²) in [4.78, 5) is 17.7. The number of benzene rings is 1. The Balaban J connectivity index is 1.72. The van der Waals surface area contributed by atoms with Gasteiger partial charge in [0.05, 0.1) is 6.33 Å². The topological polar surface area (TPSA) is 111 Å². The summed E-state index contributed by atoms with van der Waals surface area (Å²) >= 11 is -2.15. The number of imidazole rings is 1. The third kappa shape index (κ3) is 4.58. The predicted octanol–water partition coefficient (Wildman–Crippen LogP) is 1.55. The number of carbonyl (C=O) groups excluding carboxylic acids is 1. The Hall–Kier alpha value is -2.69. The van der Waals surface area contributed by atoms with Gasteiger partial charge in [0, 0.05) is 44.1 Å². The summed E-state index contributed by atoms with van der Waals surface area (Å²) in [6.07, 6.45) is 7.64. The monoisotopic (exact) mass is 405 g/mol. The van der Waals surface area contributed by atoms with Crippen LogP contribution in [0.1, 0.15) is 18.4 Å². The van der Waals surface area contributed by atoms with Crippen LogP contribution < -0.4 is 14.7 Å². The van der Waals surface area contributed by atoms with Gasteiger partial charge in [0.1, 0.15) is 0 Å². The molecule has 28 heavy (non-hydrogen) atoms. The largest absolute Gasteiger partial charge is 0.371 e. The molecule has 1 aliphatic heterocycles. The number of rotatable bonds is 6. The highest BCUT2D eigenvalue weighted by molar-refractivity contribution is 7.80. The van der Waals surface area contributed by atoms with Crippen LogP contribution in [0, 0.1) is 0 Å². The highest BCUT2D eigenvalue weighted by atomic mass is 32.2. The van der Waals surface area contributed by atoms with Crippen molar-refractivity contribution in [2.45, 2.75) is 18.9 Å². The number of aryl methyl sites for hydroxylation is 1.